The fraction of sp³-hybridized carbons (Fsp3) is 0.909. The molecule has 0 saturated heterocycles. The summed E-state index contributed by atoms with van der Waals surface area (Å²) in [5.41, 5.74) is 5.20. The zero-order valence-corrected chi connectivity index (χ0v) is 10.8. The van der Waals surface area contributed by atoms with Crippen LogP contribution in [0.4, 0.5) is 0 Å². The van der Waals surface area contributed by atoms with Crippen LogP contribution >= 0.6 is 0 Å². The topological polar surface area (TPSA) is 77.2 Å². The molecule has 1 aliphatic rings. The Morgan fingerprint density at radius 1 is 1.38 bits per heavy atom. The van der Waals surface area contributed by atoms with Gasteiger partial charge in [-0.3, -0.25) is 4.79 Å². The third kappa shape index (κ3) is 2.63. The first-order valence-corrected chi connectivity index (χ1v) is 7.50. The van der Waals surface area contributed by atoms with Gasteiger partial charge in [-0.05, 0) is 26.7 Å². The molecular weight excluding hydrogens is 226 g/mol. The molecule has 0 amide bonds. The first-order chi connectivity index (χ1) is 7.34. The van der Waals surface area contributed by atoms with E-state index in [9.17, 15) is 13.2 Å². The van der Waals surface area contributed by atoms with Crippen LogP contribution in [0.25, 0.3) is 0 Å². The average Bonchev–Trinajstić information content (AvgIpc) is 2.14. The van der Waals surface area contributed by atoms with Gasteiger partial charge in [0.05, 0.1) is 11.0 Å². The molecule has 16 heavy (non-hydrogen) atoms. The van der Waals surface area contributed by atoms with E-state index in [2.05, 4.69) is 0 Å². The van der Waals surface area contributed by atoms with Crippen LogP contribution in [0, 0.1) is 5.41 Å². The van der Waals surface area contributed by atoms with Crippen LogP contribution in [0.15, 0.2) is 0 Å². The van der Waals surface area contributed by atoms with Gasteiger partial charge >= 0.3 is 0 Å². The summed E-state index contributed by atoms with van der Waals surface area (Å²) >= 11 is 0. The van der Waals surface area contributed by atoms with Gasteiger partial charge in [-0.2, -0.15) is 0 Å². The summed E-state index contributed by atoms with van der Waals surface area (Å²) in [4.78, 5) is 11.9. The number of nitrogens with two attached hydrogens (primary N) is 1. The van der Waals surface area contributed by atoms with Crippen molar-refractivity contribution in [1.29, 1.82) is 0 Å². The predicted octanol–water partition coefficient (Wildman–Crippen LogP) is 0.898. The molecule has 0 spiro atoms. The maximum Gasteiger partial charge on any atom is 0.153 e. The van der Waals surface area contributed by atoms with Gasteiger partial charge in [-0.25, -0.2) is 8.42 Å². The highest BCUT2D eigenvalue weighted by atomic mass is 32.2. The number of rotatable bonds is 6. The third-order valence-electron chi connectivity index (χ3n) is 3.62. The Balaban J connectivity index is 2.53. The number of Topliss-reactive ketones (excluding diaryl/α,β-unsaturated/α-hetero) is 1. The predicted molar refractivity (Wildman–Crippen MR) is 63.9 cm³/mol. The standard InChI is InChI=1S/C11H21NO3S/c1-9(2)16(14,15)7-4-10(13)11(8-12)5-3-6-11/h9H,3-8,12H2,1-2H3. The SMILES string of the molecule is CC(C)S(=O)(=O)CCC(=O)C1(CN)CCC1. The van der Waals surface area contributed by atoms with E-state index in [4.69, 9.17) is 5.73 Å². The summed E-state index contributed by atoms with van der Waals surface area (Å²) < 4.78 is 23.1. The van der Waals surface area contributed by atoms with E-state index in [1.54, 1.807) is 13.8 Å². The first kappa shape index (κ1) is 13.6. The van der Waals surface area contributed by atoms with Crippen molar-refractivity contribution in [1.82, 2.24) is 0 Å². The van der Waals surface area contributed by atoms with E-state index in [0.29, 0.717) is 6.54 Å². The largest absolute Gasteiger partial charge is 0.329 e. The number of hydrogen-bond acceptors (Lipinski definition) is 4. The van der Waals surface area contributed by atoms with Gasteiger partial charge in [0.15, 0.2) is 9.84 Å². The van der Waals surface area contributed by atoms with Gasteiger partial charge < -0.3 is 5.73 Å². The molecule has 94 valence electrons. The summed E-state index contributed by atoms with van der Waals surface area (Å²) in [6.45, 7) is 3.64. The Kier molecular flexibility index (Phi) is 4.12. The summed E-state index contributed by atoms with van der Waals surface area (Å²) in [5, 5.41) is -0.407. The fourth-order valence-electron chi connectivity index (χ4n) is 1.94. The number of hydrogen-bond donors (Lipinski definition) is 1. The van der Waals surface area contributed by atoms with Crippen LogP contribution in [0.5, 0.6) is 0 Å². The smallest absolute Gasteiger partial charge is 0.153 e. The van der Waals surface area contributed by atoms with Crippen molar-refractivity contribution in [2.45, 2.75) is 44.8 Å². The van der Waals surface area contributed by atoms with E-state index in [1.807, 2.05) is 0 Å². The van der Waals surface area contributed by atoms with Crippen LogP contribution < -0.4 is 5.73 Å². The Hall–Kier alpha value is -0.420. The Labute approximate surface area is 97.5 Å². The molecule has 0 aliphatic heterocycles. The Morgan fingerprint density at radius 3 is 2.25 bits per heavy atom. The second kappa shape index (κ2) is 4.84. The average molecular weight is 247 g/mol. The van der Waals surface area contributed by atoms with E-state index in [0.717, 1.165) is 19.3 Å². The van der Waals surface area contributed by atoms with Gasteiger partial charge in [0.1, 0.15) is 5.78 Å². The second-order valence-corrected chi connectivity index (χ2v) is 7.60. The molecule has 1 rings (SSSR count). The molecule has 0 heterocycles. The minimum atomic E-state index is -3.11. The summed E-state index contributed by atoms with van der Waals surface area (Å²) in [7, 11) is -3.11. The van der Waals surface area contributed by atoms with Crippen molar-refractivity contribution < 1.29 is 13.2 Å². The van der Waals surface area contributed by atoms with Gasteiger partial charge in [-0.1, -0.05) is 6.42 Å². The molecule has 2 N–H and O–H groups in total. The molecule has 0 aromatic rings. The summed E-state index contributed by atoms with van der Waals surface area (Å²) in [6.07, 6.45) is 2.80. The third-order valence-corrected chi connectivity index (χ3v) is 5.83. The molecule has 1 aliphatic carbocycles. The first-order valence-electron chi connectivity index (χ1n) is 5.79. The Bertz CT molecular complexity index is 350. The minimum Gasteiger partial charge on any atom is -0.329 e. The van der Waals surface area contributed by atoms with Gasteiger partial charge in [0, 0.05) is 18.4 Å². The van der Waals surface area contributed by atoms with Gasteiger partial charge in [-0.15, -0.1) is 0 Å². The molecular formula is C11H21NO3S. The minimum absolute atomic E-state index is 0.0328. The molecule has 0 atom stereocenters. The quantitative estimate of drug-likeness (QED) is 0.756. The van der Waals surface area contributed by atoms with E-state index in [1.165, 1.54) is 0 Å². The van der Waals surface area contributed by atoms with Crippen LogP contribution in [-0.2, 0) is 14.6 Å². The van der Waals surface area contributed by atoms with E-state index in [-0.39, 0.29) is 18.0 Å². The highest BCUT2D eigenvalue weighted by molar-refractivity contribution is 7.91. The van der Waals surface area contributed by atoms with Crippen molar-refractivity contribution >= 4 is 15.6 Å². The van der Waals surface area contributed by atoms with E-state index >= 15 is 0 Å². The lowest BCUT2D eigenvalue weighted by molar-refractivity contribution is -0.132. The molecule has 0 bridgehead atoms. The fourth-order valence-corrected chi connectivity index (χ4v) is 2.88. The van der Waals surface area contributed by atoms with E-state index < -0.39 is 20.5 Å². The molecule has 1 fully saturated rings. The van der Waals surface area contributed by atoms with Crippen molar-refractivity contribution in [2.24, 2.45) is 11.1 Å². The number of carbonyl (C=O) groups is 1. The van der Waals surface area contributed by atoms with Crippen LogP contribution in [0.2, 0.25) is 0 Å². The highest BCUT2D eigenvalue weighted by Crippen LogP contribution is 2.41. The number of carbonyl (C=O) groups excluding carboxylic acids is 1. The van der Waals surface area contributed by atoms with Crippen molar-refractivity contribution in [3.8, 4) is 0 Å². The number of ketones is 1. The van der Waals surface area contributed by atoms with Crippen molar-refractivity contribution in [3.63, 3.8) is 0 Å². The molecule has 0 unspecified atom stereocenters. The molecule has 0 aromatic carbocycles. The lowest BCUT2D eigenvalue weighted by Crippen LogP contribution is -2.45. The van der Waals surface area contributed by atoms with Crippen molar-refractivity contribution in [3.05, 3.63) is 0 Å². The molecule has 0 radical (unpaired) electrons. The van der Waals surface area contributed by atoms with Gasteiger partial charge in [0.2, 0.25) is 0 Å². The van der Waals surface area contributed by atoms with Crippen molar-refractivity contribution in [2.75, 3.05) is 12.3 Å². The normalized spacial score (nSPS) is 19.5. The molecule has 5 heteroatoms. The summed E-state index contributed by atoms with van der Waals surface area (Å²) in [5.74, 6) is -0.00361. The molecule has 4 nitrogen and oxygen atoms in total. The maximum atomic E-state index is 11.9. The molecule has 0 aromatic heterocycles. The maximum absolute atomic E-state index is 11.9. The second-order valence-electron chi connectivity index (χ2n) is 4.93. The summed E-state index contributed by atoms with van der Waals surface area (Å²) in [6, 6.07) is 0. The zero-order valence-electron chi connectivity index (χ0n) is 10.0. The Morgan fingerprint density at radius 2 is 1.94 bits per heavy atom. The lowest BCUT2D eigenvalue weighted by atomic mass is 9.65. The van der Waals surface area contributed by atoms with Crippen LogP contribution in [0.1, 0.15) is 39.5 Å². The highest BCUT2D eigenvalue weighted by Gasteiger charge is 2.42. The number of sulfone groups is 1. The van der Waals surface area contributed by atoms with Gasteiger partial charge in [0.25, 0.3) is 0 Å². The van der Waals surface area contributed by atoms with Crippen LogP contribution in [-0.4, -0.2) is 31.7 Å². The monoisotopic (exact) mass is 247 g/mol. The molecule has 1 saturated carbocycles. The van der Waals surface area contributed by atoms with Crippen LogP contribution in [0.3, 0.4) is 0 Å². The zero-order chi connectivity index (χ0) is 12.4. The lowest BCUT2D eigenvalue weighted by Gasteiger charge is -2.39.